The molecule has 0 bridgehead atoms. The van der Waals surface area contributed by atoms with Crippen molar-refractivity contribution in [2.24, 2.45) is 21.8 Å². The molecule has 2 aliphatic heterocycles. The lowest BCUT2D eigenvalue weighted by molar-refractivity contribution is -0.114. The number of aromatic nitrogens is 4. The van der Waals surface area contributed by atoms with E-state index in [4.69, 9.17) is 19.9 Å². The van der Waals surface area contributed by atoms with Crippen LogP contribution in [0.2, 0.25) is 0 Å². The Morgan fingerprint density at radius 3 is 1.18 bits per heavy atom. The Bertz CT molecular complexity index is 4370. The van der Waals surface area contributed by atoms with Crippen LogP contribution in [0.25, 0.3) is 113 Å². The minimum absolute atomic E-state index is 0.128. The molecule has 0 fully saturated rings. The van der Waals surface area contributed by atoms with Crippen molar-refractivity contribution in [3.63, 3.8) is 0 Å². The van der Waals surface area contributed by atoms with E-state index < -0.39 is 0 Å². The monoisotopic (exact) mass is 1580 g/mol. The predicted molar refractivity (Wildman–Crippen MR) is 457 cm³/mol. The lowest BCUT2D eigenvalue weighted by Crippen LogP contribution is -2.01. The summed E-state index contributed by atoms with van der Waals surface area (Å²) in [6.07, 6.45) is 35.2. The van der Waals surface area contributed by atoms with Crippen LogP contribution >= 0.6 is 160 Å². The van der Waals surface area contributed by atoms with Crippen LogP contribution in [0.4, 0.5) is 0 Å². The number of nitrogens with zero attached hydrogens (tertiary/aromatic N) is 6. The largest absolute Gasteiger partial charge is 0.285 e. The zero-order valence-corrected chi connectivity index (χ0v) is 69.0. The van der Waals surface area contributed by atoms with Gasteiger partial charge in [0.1, 0.15) is 8.75 Å². The molecule has 522 valence electrons. The van der Waals surface area contributed by atoms with Gasteiger partial charge in [0.25, 0.3) is 11.8 Å². The van der Waals surface area contributed by atoms with Crippen LogP contribution < -0.4 is 0 Å². The summed E-state index contributed by atoms with van der Waals surface area (Å²) in [5, 5.41) is 3.68. The number of hydrogen-bond acceptors (Lipinski definition) is 20. The molecule has 0 N–H and O–H groups in total. The van der Waals surface area contributed by atoms with Gasteiger partial charge < -0.3 is 0 Å². The average molecular weight is 1590 g/mol. The van der Waals surface area contributed by atoms with Crippen molar-refractivity contribution in [1.29, 1.82) is 0 Å². The Hall–Kier alpha value is -3.98. The second-order valence-corrected chi connectivity index (χ2v) is 41.1. The molecule has 1 aromatic carbocycles. The van der Waals surface area contributed by atoms with Gasteiger partial charge in [-0.05, 0) is 122 Å². The summed E-state index contributed by atoms with van der Waals surface area (Å²) >= 11 is 24.3. The SMILES string of the molecule is CCCCCCCCSC1=NC(=O)/C(=C/c2ccc(-c3ccc(-c4cnc(-c5nc6c(-c7ccc(CC(CC)CCCC)s7)c7sc(-c8ncc(-c9ccc(-c%10ccc(/C=C%11\SC(SCCCCCCCC)=NC%11=O)s%10)s9)s8)nc7c(-c7ccc(CC(CC)CCCC)s7)c6s5)s4)s3)s2)S1. The second kappa shape index (κ2) is 36.3. The minimum Gasteiger partial charge on any atom is -0.266 e. The molecule has 22 heteroatoms. The Morgan fingerprint density at radius 1 is 0.380 bits per heavy atom. The zero-order valence-electron chi connectivity index (χ0n) is 57.6. The molecule has 2 unspecified atom stereocenters. The first kappa shape index (κ1) is 74.3. The van der Waals surface area contributed by atoms with Crippen molar-refractivity contribution in [2.45, 2.75) is 183 Å². The van der Waals surface area contributed by atoms with Crippen LogP contribution in [0.15, 0.2) is 105 Å². The summed E-state index contributed by atoms with van der Waals surface area (Å²) in [7, 11) is 0. The molecule has 0 saturated heterocycles. The maximum atomic E-state index is 13.0. The smallest absolute Gasteiger partial charge is 0.266 e. The lowest BCUT2D eigenvalue weighted by atomic mass is 9.95. The number of carbonyl (C=O) groups is 2. The second-order valence-electron chi connectivity index (χ2n) is 25.5. The zero-order chi connectivity index (χ0) is 68.9. The van der Waals surface area contributed by atoms with Crippen molar-refractivity contribution in [2.75, 3.05) is 11.5 Å². The number of thiophene rings is 6. The fraction of sp³-hybridized carbons (Fsp3) is 0.410. The number of unbranched alkanes of at least 4 members (excludes halogenated alkanes) is 12. The van der Waals surface area contributed by atoms with Gasteiger partial charge in [0.15, 0.2) is 20.0 Å². The first-order valence-electron chi connectivity index (χ1n) is 35.6. The van der Waals surface area contributed by atoms with E-state index in [1.807, 2.05) is 47.2 Å². The van der Waals surface area contributed by atoms with Gasteiger partial charge in [-0.15, -0.1) is 113 Å². The molecule has 0 spiro atoms. The van der Waals surface area contributed by atoms with E-state index in [1.54, 1.807) is 114 Å². The summed E-state index contributed by atoms with van der Waals surface area (Å²) in [6.45, 7) is 13.8. The number of thioether (sulfide) groups is 4. The highest BCUT2D eigenvalue weighted by Gasteiger charge is 2.30. The van der Waals surface area contributed by atoms with Crippen LogP contribution in [0.1, 0.15) is 189 Å². The van der Waals surface area contributed by atoms with E-state index in [2.05, 4.69) is 124 Å². The maximum absolute atomic E-state index is 13.0. The van der Waals surface area contributed by atoms with Crippen molar-refractivity contribution in [3.8, 4) is 79.9 Å². The van der Waals surface area contributed by atoms with Gasteiger partial charge >= 0.3 is 0 Å². The Kier molecular flexibility index (Phi) is 27.0. The summed E-state index contributed by atoms with van der Waals surface area (Å²) in [6, 6.07) is 27.0. The van der Waals surface area contributed by atoms with Gasteiger partial charge in [-0.2, -0.15) is 9.98 Å². The quantitative estimate of drug-likeness (QED) is 0.0278. The summed E-state index contributed by atoms with van der Waals surface area (Å²) in [5.74, 6) is 3.05. The number of thiazole rings is 4. The van der Waals surface area contributed by atoms with Crippen molar-refractivity contribution >= 4 is 214 Å². The van der Waals surface area contributed by atoms with Crippen LogP contribution in [0.5, 0.6) is 0 Å². The molecule has 2 aliphatic rings. The average Bonchev–Trinajstić information content (AvgIpc) is 1.57. The third-order valence-electron chi connectivity index (χ3n) is 18.1. The molecule has 100 heavy (non-hydrogen) atoms. The number of aliphatic imine (C=N–C) groups is 2. The van der Waals surface area contributed by atoms with E-state index in [-0.39, 0.29) is 11.8 Å². The Labute approximate surface area is 646 Å². The topological polar surface area (TPSA) is 110 Å². The standard InChI is InChI=1S/C78H84N6O2S14/c1-7-13-17-19-21-23-39-87-77-83-71(85)61(97-77)43-51-27-31-53(89-51)55-35-37-57(93-55)63-45-79-73(95-63)75-81-67-65(59-33-29-49(91-59)41-47(11-5)25-15-9-3)70-68(66(69(67)99-75)60-34-30-50(92-60)42-48(12-6)26-16-10-4)82-76(100-70)74-80-46-64(96-74)58-38-36-56(94-58)54-32-28-52(90-54)44-62-72(86)84-78(98-62)88-40-24-22-20-18-14-8-2/h27-38,43-48H,7-26,39-42H2,1-6H3/b61-43-,62-44-. The molecule has 0 saturated carbocycles. The molecule has 12 heterocycles. The van der Waals surface area contributed by atoms with Gasteiger partial charge in [-0.25, -0.2) is 19.9 Å². The first-order valence-corrected chi connectivity index (χ1v) is 47.4. The third kappa shape index (κ3) is 18.4. The molecule has 13 rings (SSSR count). The van der Waals surface area contributed by atoms with Crippen molar-refractivity contribution < 1.29 is 9.59 Å². The Morgan fingerprint density at radius 2 is 0.760 bits per heavy atom. The fourth-order valence-electron chi connectivity index (χ4n) is 12.4. The molecule has 8 nitrogen and oxygen atoms in total. The van der Waals surface area contributed by atoms with Crippen molar-refractivity contribution in [1.82, 2.24) is 19.9 Å². The number of carbonyl (C=O) groups excluding carboxylic acids is 2. The lowest BCUT2D eigenvalue weighted by Gasteiger charge is -2.13. The fourth-order valence-corrected chi connectivity index (χ4v) is 27.6. The molecule has 2 atom stereocenters. The van der Waals surface area contributed by atoms with Crippen LogP contribution in [-0.2, 0) is 22.4 Å². The highest BCUT2D eigenvalue weighted by Crippen LogP contribution is 2.54. The summed E-state index contributed by atoms with van der Waals surface area (Å²) < 4.78 is 4.05. The van der Waals surface area contributed by atoms with Gasteiger partial charge in [-0.1, -0.05) is 204 Å². The van der Waals surface area contributed by atoms with E-state index in [0.717, 1.165) is 117 Å². The maximum Gasteiger partial charge on any atom is 0.285 e. The molecule has 0 radical (unpaired) electrons. The third-order valence-corrected chi connectivity index (χ3v) is 34.2. The van der Waals surface area contributed by atoms with Gasteiger partial charge in [0.05, 0.1) is 40.0 Å². The minimum atomic E-state index is -0.128. The molecule has 10 aromatic heterocycles. The number of fused-ring (bicyclic) bond motifs is 2. The molecular formula is C78H84N6O2S14. The van der Waals surface area contributed by atoms with Gasteiger partial charge in [0.2, 0.25) is 0 Å². The normalized spacial score (nSPS) is 15.0. The predicted octanol–water partition coefficient (Wildman–Crippen LogP) is 29.2. The number of amides is 2. The van der Waals surface area contributed by atoms with E-state index >= 15 is 0 Å². The first-order chi connectivity index (χ1) is 49.0. The number of hydrogen-bond donors (Lipinski definition) is 0. The van der Waals surface area contributed by atoms with E-state index in [1.165, 1.54) is 188 Å². The van der Waals surface area contributed by atoms with E-state index in [9.17, 15) is 9.59 Å². The molecular weight excluding hydrogens is 1500 g/mol. The number of benzene rings is 1. The number of rotatable bonds is 36. The summed E-state index contributed by atoms with van der Waals surface area (Å²) in [5.41, 5.74) is 4.36. The van der Waals surface area contributed by atoms with Crippen molar-refractivity contribution in [3.05, 3.63) is 115 Å². The molecule has 11 aromatic rings. The highest BCUT2D eigenvalue weighted by atomic mass is 32.2. The van der Waals surface area contributed by atoms with E-state index in [0.29, 0.717) is 21.6 Å². The van der Waals surface area contributed by atoms with Crippen LogP contribution in [0.3, 0.4) is 0 Å². The van der Waals surface area contributed by atoms with Gasteiger partial charge in [0, 0.05) is 93.6 Å². The summed E-state index contributed by atoms with van der Waals surface area (Å²) in [4.78, 5) is 74.9. The van der Waals surface area contributed by atoms with Gasteiger partial charge in [-0.3, -0.25) is 9.59 Å². The van der Waals surface area contributed by atoms with Crippen LogP contribution in [-0.4, -0.2) is 52.0 Å². The molecule has 2 amide bonds. The Balaban J connectivity index is 0.796. The molecule has 0 aliphatic carbocycles. The highest BCUT2D eigenvalue weighted by molar-refractivity contribution is 8.41. The van der Waals surface area contributed by atoms with Crippen LogP contribution in [0, 0.1) is 11.8 Å².